The van der Waals surface area contributed by atoms with Crippen LogP contribution >= 0.6 is 11.3 Å². The number of thiophene rings is 1. The highest BCUT2D eigenvalue weighted by atomic mass is 32.1. The molecular weight excluding hydrogens is 256 g/mol. The van der Waals surface area contributed by atoms with Crippen LogP contribution in [0.15, 0.2) is 12.1 Å². The Morgan fingerprint density at radius 1 is 1.32 bits per heavy atom. The Kier molecular flexibility index (Phi) is 5.59. The number of carbonyl (C=O) groups is 1. The van der Waals surface area contributed by atoms with Crippen LogP contribution in [0, 0.1) is 5.92 Å². The van der Waals surface area contributed by atoms with Crippen LogP contribution in [0.1, 0.15) is 48.8 Å². The molecule has 0 radical (unpaired) electrons. The van der Waals surface area contributed by atoms with Crippen molar-refractivity contribution in [3.8, 4) is 0 Å². The number of hydrogen-bond donors (Lipinski definition) is 0. The molecule has 0 aromatic carbocycles. The van der Waals surface area contributed by atoms with E-state index in [1.165, 1.54) is 29.0 Å². The molecule has 0 amide bonds. The fourth-order valence-corrected chi connectivity index (χ4v) is 3.97. The smallest absolute Gasteiger partial charge is 0.166 e. The zero-order valence-corrected chi connectivity index (χ0v) is 12.8. The van der Waals surface area contributed by atoms with Gasteiger partial charge in [0.05, 0.1) is 0 Å². The van der Waals surface area contributed by atoms with Crippen LogP contribution in [0.2, 0.25) is 0 Å². The number of methoxy groups -OCH3 is 1. The molecule has 1 aliphatic carbocycles. The summed E-state index contributed by atoms with van der Waals surface area (Å²) in [6.07, 6.45) is 7.51. The molecule has 0 N–H and O–H groups in total. The Morgan fingerprint density at radius 3 is 2.58 bits per heavy atom. The zero-order chi connectivity index (χ0) is 13.7. The molecule has 1 fully saturated rings. The lowest BCUT2D eigenvalue weighted by molar-refractivity contribution is -0.132. The molecule has 0 spiro atoms. The molecular formula is C16H24O2S. The second kappa shape index (κ2) is 7.20. The molecule has 1 unspecified atom stereocenters. The summed E-state index contributed by atoms with van der Waals surface area (Å²) in [4.78, 5) is 15.0. The fraction of sp³-hybridized carbons (Fsp3) is 0.688. The summed E-state index contributed by atoms with van der Waals surface area (Å²) >= 11 is 1.76. The predicted octanol–water partition coefficient (Wildman–Crippen LogP) is 4.02. The lowest BCUT2D eigenvalue weighted by atomic mass is 9.83. The van der Waals surface area contributed by atoms with Gasteiger partial charge in [0.1, 0.15) is 6.10 Å². The number of aryl methyl sites for hydroxylation is 1. The minimum atomic E-state index is -0.188. The van der Waals surface area contributed by atoms with E-state index in [2.05, 4.69) is 19.1 Å². The summed E-state index contributed by atoms with van der Waals surface area (Å²) < 4.78 is 5.51. The number of ether oxygens (including phenoxy) is 1. The van der Waals surface area contributed by atoms with E-state index in [1.54, 1.807) is 18.4 Å². The molecule has 0 saturated heterocycles. The highest BCUT2D eigenvalue weighted by Crippen LogP contribution is 2.29. The van der Waals surface area contributed by atoms with Crippen LogP contribution in [0.5, 0.6) is 0 Å². The standard InChI is InChI=1S/C16H24O2S/c1-3-13-9-10-14(19-13)11-15(17)16(18-2)12-7-5-4-6-8-12/h9-10,12,16H,3-8,11H2,1-2H3. The van der Waals surface area contributed by atoms with Crippen molar-refractivity contribution in [2.75, 3.05) is 7.11 Å². The van der Waals surface area contributed by atoms with E-state index in [9.17, 15) is 4.79 Å². The number of carbonyl (C=O) groups excluding carboxylic acids is 1. The third-order valence-electron chi connectivity index (χ3n) is 4.06. The second-order valence-corrected chi connectivity index (χ2v) is 6.67. The Balaban J connectivity index is 1.95. The van der Waals surface area contributed by atoms with Crippen molar-refractivity contribution in [3.63, 3.8) is 0 Å². The fourth-order valence-electron chi connectivity index (χ4n) is 3.00. The van der Waals surface area contributed by atoms with Crippen LogP contribution in [-0.4, -0.2) is 19.0 Å². The van der Waals surface area contributed by atoms with E-state index in [0.29, 0.717) is 12.3 Å². The first kappa shape index (κ1) is 14.7. The normalized spacial score (nSPS) is 18.4. The maximum absolute atomic E-state index is 12.4. The van der Waals surface area contributed by atoms with Crippen molar-refractivity contribution >= 4 is 17.1 Å². The average Bonchev–Trinajstić information content (AvgIpc) is 2.88. The molecule has 0 bridgehead atoms. The highest BCUT2D eigenvalue weighted by Gasteiger charge is 2.29. The summed E-state index contributed by atoms with van der Waals surface area (Å²) in [5, 5.41) is 0. The molecule has 1 atom stereocenters. The summed E-state index contributed by atoms with van der Waals surface area (Å²) in [6.45, 7) is 2.15. The molecule has 1 heterocycles. The van der Waals surface area contributed by atoms with E-state index in [0.717, 1.165) is 19.3 Å². The second-order valence-electron chi connectivity index (χ2n) is 5.42. The van der Waals surface area contributed by atoms with Crippen LogP contribution in [-0.2, 0) is 22.4 Å². The quantitative estimate of drug-likeness (QED) is 0.787. The number of ketones is 1. The first-order chi connectivity index (χ1) is 9.24. The predicted molar refractivity (Wildman–Crippen MR) is 79.8 cm³/mol. The first-order valence-electron chi connectivity index (χ1n) is 7.37. The van der Waals surface area contributed by atoms with Crippen LogP contribution < -0.4 is 0 Å². The lowest BCUT2D eigenvalue weighted by Crippen LogP contribution is -2.34. The largest absolute Gasteiger partial charge is 0.373 e. The first-order valence-corrected chi connectivity index (χ1v) is 8.19. The number of Topliss-reactive ketones (excluding diaryl/α,β-unsaturated/α-hetero) is 1. The van der Waals surface area contributed by atoms with Gasteiger partial charge in [-0.2, -0.15) is 0 Å². The molecule has 0 aliphatic heterocycles. The number of hydrogen-bond acceptors (Lipinski definition) is 3. The van der Waals surface area contributed by atoms with Gasteiger partial charge in [0, 0.05) is 23.3 Å². The average molecular weight is 280 g/mol. The zero-order valence-electron chi connectivity index (χ0n) is 12.0. The van der Waals surface area contributed by atoms with Gasteiger partial charge in [-0.1, -0.05) is 26.2 Å². The summed E-state index contributed by atoms with van der Waals surface area (Å²) in [7, 11) is 1.68. The van der Waals surface area contributed by atoms with Gasteiger partial charge in [0.15, 0.2) is 5.78 Å². The Hall–Kier alpha value is -0.670. The Bertz CT molecular complexity index is 405. The highest BCUT2D eigenvalue weighted by molar-refractivity contribution is 7.12. The van der Waals surface area contributed by atoms with E-state index in [1.807, 2.05) is 0 Å². The van der Waals surface area contributed by atoms with Gasteiger partial charge < -0.3 is 4.74 Å². The van der Waals surface area contributed by atoms with Crippen LogP contribution in [0.4, 0.5) is 0 Å². The maximum atomic E-state index is 12.4. The molecule has 106 valence electrons. The Morgan fingerprint density at radius 2 is 2.00 bits per heavy atom. The molecule has 2 rings (SSSR count). The van der Waals surface area contributed by atoms with Crippen molar-refractivity contribution in [2.45, 2.75) is 58.0 Å². The van der Waals surface area contributed by atoms with Crippen LogP contribution in [0.25, 0.3) is 0 Å². The van der Waals surface area contributed by atoms with Crippen LogP contribution in [0.3, 0.4) is 0 Å². The molecule has 19 heavy (non-hydrogen) atoms. The molecule has 1 aromatic rings. The van der Waals surface area contributed by atoms with E-state index in [4.69, 9.17) is 4.74 Å². The topological polar surface area (TPSA) is 26.3 Å². The molecule has 2 nitrogen and oxygen atoms in total. The van der Waals surface area contributed by atoms with Crippen molar-refractivity contribution in [1.82, 2.24) is 0 Å². The van der Waals surface area contributed by atoms with Crippen molar-refractivity contribution in [2.24, 2.45) is 5.92 Å². The third-order valence-corrected chi connectivity index (χ3v) is 5.29. The van der Waals surface area contributed by atoms with Gasteiger partial charge in [-0.15, -0.1) is 11.3 Å². The third kappa shape index (κ3) is 3.90. The SMILES string of the molecule is CCc1ccc(CC(=O)C(OC)C2CCCCC2)s1. The summed E-state index contributed by atoms with van der Waals surface area (Å²) in [6, 6.07) is 4.23. The van der Waals surface area contributed by atoms with Gasteiger partial charge in [0.2, 0.25) is 0 Å². The minimum Gasteiger partial charge on any atom is -0.373 e. The summed E-state index contributed by atoms with van der Waals surface area (Å²) in [5.74, 6) is 0.704. The maximum Gasteiger partial charge on any atom is 0.166 e. The van der Waals surface area contributed by atoms with Gasteiger partial charge in [0.25, 0.3) is 0 Å². The number of rotatable bonds is 6. The van der Waals surface area contributed by atoms with E-state index < -0.39 is 0 Å². The van der Waals surface area contributed by atoms with E-state index >= 15 is 0 Å². The van der Waals surface area contributed by atoms with Gasteiger partial charge in [-0.05, 0) is 37.3 Å². The van der Waals surface area contributed by atoms with Crippen molar-refractivity contribution < 1.29 is 9.53 Å². The van der Waals surface area contributed by atoms with Gasteiger partial charge in [-0.25, -0.2) is 0 Å². The molecule has 1 aromatic heterocycles. The monoisotopic (exact) mass is 280 g/mol. The van der Waals surface area contributed by atoms with E-state index in [-0.39, 0.29) is 11.9 Å². The lowest BCUT2D eigenvalue weighted by Gasteiger charge is -2.28. The van der Waals surface area contributed by atoms with Crippen molar-refractivity contribution in [1.29, 1.82) is 0 Å². The van der Waals surface area contributed by atoms with Gasteiger partial charge in [-0.3, -0.25) is 4.79 Å². The van der Waals surface area contributed by atoms with Gasteiger partial charge >= 0.3 is 0 Å². The molecule has 1 saturated carbocycles. The molecule has 1 aliphatic rings. The molecule has 3 heteroatoms. The summed E-state index contributed by atoms with van der Waals surface area (Å²) in [5.41, 5.74) is 0. The Labute approximate surface area is 120 Å². The van der Waals surface area contributed by atoms with Crippen molar-refractivity contribution in [3.05, 3.63) is 21.9 Å². The minimum absolute atomic E-state index is 0.188.